The second kappa shape index (κ2) is 6.27. The summed E-state index contributed by atoms with van der Waals surface area (Å²) in [6.07, 6.45) is 2.25. The summed E-state index contributed by atoms with van der Waals surface area (Å²) in [6, 6.07) is 8.11. The number of amides is 1. The van der Waals surface area contributed by atoms with Crippen LogP contribution in [0, 0.1) is 0 Å². The van der Waals surface area contributed by atoms with Gasteiger partial charge in [-0.1, -0.05) is 12.1 Å². The summed E-state index contributed by atoms with van der Waals surface area (Å²) in [7, 11) is 4.17. The monoisotopic (exact) mass is 275 g/mol. The van der Waals surface area contributed by atoms with E-state index in [4.69, 9.17) is 5.73 Å². The first-order valence-electron chi connectivity index (χ1n) is 7.29. The molecule has 1 heterocycles. The standard InChI is InChI=1S/C16H25N3O/c1-12(13-6-4-7-14(17)10-13)16(20)19-9-5-8-15(11-19)18(2)3/h4,6-7,10,12,15H,5,8-9,11,17H2,1-3H3. The Morgan fingerprint density at radius 1 is 1.45 bits per heavy atom. The Balaban J connectivity index is 2.06. The molecule has 110 valence electrons. The van der Waals surface area contributed by atoms with Crippen LogP contribution in [-0.2, 0) is 4.79 Å². The molecule has 1 aliphatic rings. The van der Waals surface area contributed by atoms with Crippen LogP contribution in [0.2, 0.25) is 0 Å². The Morgan fingerprint density at radius 3 is 2.85 bits per heavy atom. The molecule has 0 spiro atoms. The normalized spacial score (nSPS) is 21.0. The van der Waals surface area contributed by atoms with Gasteiger partial charge in [-0.15, -0.1) is 0 Å². The third kappa shape index (κ3) is 3.31. The zero-order valence-corrected chi connectivity index (χ0v) is 12.7. The Hall–Kier alpha value is -1.55. The van der Waals surface area contributed by atoms with Gasteiger partial charge in [0.2, 0.25) is 5.91 Å². The number of piperidine rings is 1. The van der Waals surface area contributed by atoms with E-state index in [0.29, 0.717) is 11.7 Å². The molecule has 2 rings (SSSR count). The van der Waals surface area contributed by atoms with Crippen molar-refractivity contribution in [3.63, 3.8) is 0 Å². The molecule has 1 aliphatic heterocycles. The van der Waals surface area contributed by atoms with Gasteiger partial charge in [-0.05, 0) is 51.6 Å². The van der Waals surface area contributed by atoms with Crippen molar-refractivity contribution in [1.29, 1.82) is 0 Å². The number of rotatable bonds is 3. The van der Waals surface area contributed by atoms with Crippen molar-refractivity contribution in [2.45, 2.75) is 31.7 Å². The van der Waals surface area contributed by atoms with Gasteiger partial charge in [0.05, 0.1) is 5.92 Å². The Labute approximate surface area is 121 Å². The lowest BCUT2D eigenvalue weighted by atomic mass is 9.97. The van der Waals surface area contributed by atoms with E-state index in [1.54, 1.807) is 0 Å². The topological polar surface area (TPSA) is 49.6 Å². The molecule has 2 unspecified atom stereocenters. The van der Waals surface area contributed by atoms with E-state index in [0.717, 1.165) is 25.1 Å². The molecule has 2 N–H and O–H groups in total. The maximum Gasteiger partial charge on any atom is 0.229 e. The molecule has 4 nitrogen and oxygen atoms in total. The lowest BCUT2D eigenvalue weighted by Gasteiger charge is -2.37. The fourth-order valence-electron chi connectivity index (χ4n) is 2.82. The fraction of sp³-hybridized carbons (Fsp3) is 0.562. The van der Waals surface area contributed by atoms with Gasteiger partial charge < -0.3 is 15.5 Å². The van der Waals surface area contributed by atoms with Gasteiger partial charge in [-0.2, -0.15) is 0 Å². The molecule has 0 saturated carbocycles. The Bertz CT molecular complexity index is 473. The molecule has 0 aliphatic carbocycles. The van der Waals surface area contributed by atoms with Crippen LogP contribution in [0.25, 0.3) is 0 Å². The van der Waals surface area contributed by atoms with E-state index in [1.165, 1.54) is 6.42 Å². The van der Waals surface area contributed by atoms with Crippen molar-refractivity contribution in [3.8, 4) is 0 Å². The molecular formula is C16H25N3O. The number of likely N-dealkylation sites (N-methyl/N-ethyl adjacent to an activating group) is 1. The van der Waals surface area contributed by atoms with Gasteiger partial charge in [0.1, 0.15) is 0 Å². The maximum absolute atomic E-state index is 12.6. The van der Waals surface area contributed by atoms with Crippen molar-refractivity contribution in [1.82, 2.24) is 9.80 Å². The zero-order valence-electron chi connectivity index (χ0n) is 12.7. The van der Waals surface area contributed by atoms with Gasteiger partial charge in [0.15, 0.2) is 0 Å². The molecule has 1 aromatic carbocycles. The summed E-state index contributed by atoms with van der Waals surface area (Å²) < 4.78 is 0. The number of hydrogen-bond acceptors (Lipinski definition) is 3. The van der Waals surface area contributed by atoms with E-state index in [2.05, 4.69) is 19.0 Å². The third-order valence-electron chi connectivity index (χ3n) is 4.22. The number of carbonyl (C=O) groups is 1. The number of hydrogen-bond donors (Lipinski definition) is 1. The van der Waals surface area contributed by atoms with Crippen LogP contribution < -0.4 is 5.73 Å². The molecule has 20 heavy (non-hydrogen) atoms. The van der Waals surface area contributed by atoms with Crippen LogP contribution in [-0.4, -0.2) is 48.9 Å². The van der Waals surface area contributed by atoms with Crippen molar-refractivity contribution in [3.05, 3.63) is 29.8 Å². The van der Waals surface area contributed by atoms with Gasteiger partial charge in [-0.3, -0.25) is 4.79 Å². The Kier molecular flexibility index (Phi) is 4.65. The van der Waals surface area contributed by atoms with Crippen LogP contribution in [0.1, 0.15) is 31.2 Å². The largest absolute Gasteiger partial charge is 0.399 e. The average Bonchev–Trinajstić information content (AvgIpc) is 2.45. The lowest BCUT2D eigenvalue weighted by molar-refractivity contribution is -0.134. The van der Waals surface area contributed by atoms with Gasteiger partial charge >= 0.3 is 0 Å². The second-order valence-electron chi connectivity index (χ2n) is 5.94. The van der Waals surface area contributed by atoms with E-state index >= 15 is 0 Å². The van der Waals surface area contributed by atoms with Crippen LogP contribution in [0.15, 0.2) is 24.3 Å². The molecule has 2 atom stereocenters. The molecule has 1 fully saturated rings. The summed E-state index contributed by atoms with van der Waals surface area (Å²) in [4.78, 5) is 16.9. The van der Waals surface area contributed by atoms with Crippen molar-refractivity contribution in [2.75, 3.05) is 32.9 Å². The van der Waals surface area contributed by atoms with Gasteiger partial charge in [-0.25, -0.2) is 0 Å². The SMILES string of the molecule is CC(C(=O)N1CCCC(N(C)C)C1)c1cccc(N)c1. The zero-order chi connectivity index (χ0) is 14.7. The number of nitrogen functional groups attached to an aromatic ring is 1. The van der Waals surface area contributed by atoms with Crippen molar-refractivity contribution in [2.24, 2.45) is 0 Å². The van der Waals surface area contributed by atoms with E-state index in [9.17, 15) is 4.79 Å². The van der Waals surface area contributed by atoms with Gasteiger partial charge in [0, 0.05) is 24.8 Å². The highest BCUT2D eigenvalue weighted by Gasteiger charge is 2.28. The predicted octanol–water partition coefficient (Wildman–Crippen LogP) is 1.92. The quantitative estimate of drug-likeness (QED) is 0.858. The van der Waals surface area contributed by atoms with E-state index in [-0.39, 0.29) is 11.8 Å². The molecule has 0 aromatic heterocycles. The van der Waals surface area contributed by atoms with Crippen molar-refractivity contribution < 1.29 is 4.79 Å². The van der Waals surface area contributed by atoms with Gasteiger partial charge in [0.25, 0.3) is 0 Å². The number of carbonyl (C=O) groups excluding carboxylic acids is 1. The van der Waals surface area contributed by atoms with Crippen molar-refractivity contribution >= 4 is 11.6 Å². The summed E-state index contributed by atoms with van der Waals surface area (Å²) in [6.45, 7) is 3.67. The van der Waals surface area contributed by atoms with E-state index in [1.807, 2.05) is 36.1 Å². The highest BCUT2D eigenvalue weighted by molar-refractivity contribution is 5.83. The minimum Gasteiger partial charge on any atom is -0.399 e. The molecular weight excluding hydrogens is 250 g/mol. The molecule has 0 bridgehead atoms. The number of likely N-dealkylation sites (tertiary alicyclic amines) is 1. The minimum absolute atomic E-state index is 0.126. The molecule has 4 heteroatoms. The molecule has 1 saturated heterocycles. The van der Waals surface area contributed by atoms with Crippen LogP contribution in [0.3, 0.4) is 0 Å². The Morgan fingerprint density at radius 2 is 2.20 bits per heavy atom. The predicted molar refractivity (Wildman–Crippen MR) is 82.6 cm³/mol. The summed E-state index contributed by atoms with van der Waals surface area (Å²) >= 11 is 0. The smallest absolute Gasteiger partial charge is 0.229 e. The first-order chi connectivity index (χ1) is 9.49. The molecule has 0 radical (unpaired) electrons. The highest BCUT2D eigenvalue weighted by Crippen LogP contribution is 2.23. The highest BCUT2D eigenvalue weighted by atomic mass is 16.2. The van der Waals surface area contributed by atoms with Crippen LogP contribution in [0.4, 0.5) is 5.69 Å². The second-order valence-corrected chi connectivity index (χ2v) is 5.94. The van der Waals surface area contributed by atoms with Crippen LogP contribution in [0.5, 0.6) is 0 Å². The average molecular weight is 275 g/mol. The number of benzene rings is 1. The molecule has 1 aromatic rings. The lowest BCUT2D eigenvalue weighted by Crippen LogP contribution is -2.48. The van der Waals surface area contributed by atoms with Crippen LogP contribution >= 0.6 is 0 Å². The fourth-order valence-corrected chi connectivity index (χ4v) is 2.82. The number of anilines is 1. The first-order valence-corrected chi connectivity index (χ1v) is 7.29. The maximum atomic E-state index is 12.6. The minimum atomic E-state index is -0.126. The summed E-state index contributed by atoms with van der Waals surface area (Å²) in [5.74, 6) is 0.0848. The molecule has 1 amide bonds. The third-order valence-corrected chi connectivity index (χ3v) is 4.22. The number of nitrogens with zero attached hydrogens (tertiary/aromatic N) is 2. The van der Waals surface area contributed by atoms with E-state index < -0.39 is 0 Å². The summed E-state index contributed by atoms with van der Waals surface area (Å²) in [5, 5.41) is 0. The first kappa shape index (κ1) is 14.9. The summed E-state index contributed by atoms with van der Waals surface area (Å²) in [5.41, 5.74) is 7.52. The number of nitrogens with two attached hydrogens (primary N) is 1.